The molecule has 0 spiro atoms. The number of nitrogens with zero attached hydrogens (tertiary/aromatic N) is 4. The molecule has 1 fully saturated rings. The molecule has 1 amide bonds. The van der Waals surface area contributed by atoms with Crippen LogP contribution in [-0.2, 0) is 14.8 Å². The van der Waals surface area contributed by atoms with Crippen molar-refractivity contribution < 1.29 is 17.7 Å². The van der Waals surface area contributed by atoms with Gasteiger partial charge in [0.05, 0.1) is 5.92 Å². The summed E-state index contributed by atoms with van der Waals surface area (Å²) in [6, 6.07) is 11.0. The van der Waals surface area contributed by atoms with Gasteiger partial charge in [0.1, 0.15) is 4.21 Å². The summed E-state index contributed by atoms with van der Waals surface area (Å²) in [5, 5.41) is 5.56. The van der Waals surface area contributed by atoms with Gasteiger partial charge in [0.15, 0.2) is 0 Å². The molecule has 1 aliphatic rings. The van der Waals surface area contributed by atoms with E-state index in [9.17, 15) is 13.2 Å². The normalized spacial score (nSPS) is 17.5. The molecule has 1 aromatic carbocycles. The first kappa shape index (κ1) is 21.7. The van der Waals surface area contributed by atoms with E-state index in [1.54, 1.807) is 23.3 Å². The predicted octanol–water partition coefficient (Wildman–Crippen LogP) is 3.56. The number of thiophene rings is 1. The summed E-state index contributed by atoms with van der Waals surface area (Å²) in [4.78, 5) is 19.1. The summed E-state index contributed by atoms with van der Waals surface area (Å²) >= 11 is 1.12. The van der Waals surface area contributed by atoms with Crippen molar-refractivity contribution in [1.82, 2.24) is 14.4 Å². The second kappa shape index (κ2) is 8.89. The van der Waals surface area contributed by atoms with Gasteiger partial charge in [0, 0.05) is 43.2 Å². The zero-order chi connectivity index (χ0) is 22.0. The third-order valence-electron chi connectivity index (χ3n) is 5.34. The highest BCUT2D eigenvalue weighted by atomic mass is 32.2. The number of aryl methyl sites for hydroxylation is 1. The quantitative estimate of drug-likeness (QED) is 0.558. The van der Waals surface area contributed by atoms with E-state index in [0.717, 1.165) is 17.0 Å². The van der Waals surface area contributed by atoms with E-state index in [-0.39, 0.29) is 22.6 Å². The molecular weight excluding hydrogens is 436 g/mol. The number of amides is 1. The molecule has 0 unspecified atom stereocenters. The molecule has 31 heavy (non-hydrogen) atoms. The Labute approximate surface area is 185 Å². The highest BCUT2D eigenvalue weighted by Crippen LogP contribution is 2.32. The monoisotopic (exact) mass is 460 g/mol. The molecule has 164 valence electrons. The summed E-state index contributed by atoms with van der Waals surface area (Å²) in [6.07, 6.45) is 1.32. The third-order valence-corrected chi connectivity index (χ3v) is 8.62. The fourth-order valence-corrected chi connectivity index (χ4v) is 6.60. The van der Waals surface area contributed by atoms with Gasteiger partial charge in [-0.3, -0.25) is 4.79 Å². The van der Waals surface area contributed by atoms with Crippen molar-refractivity contribution in [2.24, 2.45) is 5.92 Å². The van der Waals surface area contributed by atoms with Crippen LogP contribution in [0.5, 0.6) is 0 Å². The molecule has 8 nitrogen and oxygen atoms in total. The van der Waals surface area contributed by atoms with Gasteiger partial charge in [-0.05, 0) is 38.0 Å². The lowest BCUT2D eigenvalue weighted by atomic mass is 9.98. The van der Waals surface area contributed by atoms with Crippen LogP contribution in [0.4, 0.5) is 5.69 Å². The van der Waals surface area contributed by atoms with Crippen molar-refractivity contribution in [1.29, 1.82) is 0 Å². The summed E-state index contributed by atoms with van der Waals surface area (Å²) in [5.41, 5.74) is 1.43. The van der Waals surface area contributed by atoms with Crippen LogP contribution in [0.1, 0.15) is 25.7 Å². The topological polar surface area (TPSA) is 96.6 Å². The van der Waals surface area contributed by atoms with E-state index in [1.807, 2.05) is 37.3 Å². The minimum atomic E-state index is -3.71. The number of carbonyl (C=O) groups is 1. The number of benzene rings is 1. The van der Waals surface area contributed by atoms with Crippen LogP contribution in [0.3, 0.4) is 0 Å². The Bertz CT molecular complexity index is 1160. The van der Waals surface area contributed by atoms with E-state index < -0.39 is 10.0 Å². The highest BCUT2D eigenvalue weighted by molar-refractivity contribution is 7.91. The average molecular weight is 461 g/mol. The number of anilines is 1. The first-order valence-corrected chi connectivity index (χ1v) is 12.5. The number of carbonyl (C=O) groups excluding carboxylic acids is 1. The molecule has 1 atom stereocenters. The van der Waals surface area contributed by atoms with E-state index in [0.29, 0.717) is 43.2 Å². The number of para-hydroxylation sites is 1. The van der Waals surface area contributed by atoms with Gasteiger partial charge < -0.3 is 9.42 Å². The average Bonchev–Trinajstić information content (AvgIpc) is 3.45. The van der Waals surface area contributed by atoms with Crippen molar-refractivity contribution in [3.63, 3.8) is 0 Å². The summed E-state index contributed by atoms with van der Waals surface area (Å²) < 4.78 is 33.1. The first-order chi connectivity index (χ1) is 14.9. The van der Waals surface area contributed by atoms with Crippen molar-refractivity contribution in [2.75, 3.05) is 24.5 Å². The second-order valence-corrected chi connectivity index (χ2v) is 10.5. The minimum absolute atomic E-state index is 0.0391. The predicted molar refractivity (Wildman–Crippen MR) is 118 cm³/mol. The van der Waals surface area contributed by atoms with E-state index in [1.165, 1.54) is 4.31 Å². The Kier molecular flexibility index (Phi) is 6.22. The van der Waals surface area contributed by atoms with Crippen LogP contribution in [0.15, 0.2) is 50.5 Å². The Morgan fingerprint density at radius 1 is 1.32 bits per heavy atom. The van der Waals surface area contributed by atoms with Crippen molar-refractivity contribution >= 4 is 33.0 Å². The fourth-order valence-electron chi connectivity index (χ4n) is 3.77. The smallest absolute Gasteiger partial charge is 0.252 e. The van der Waals surface area contributed by atoms with Gasteiger partial charge in [-0.25, -0.2) is 8.42 Å². The molecule has 4 rings (SSSR count). The van der Waals surface area contributed by atoms with Crippen LogP contribution < -0.4 is 4.90 Å². The second-order valence-electron chi connectivity index (χ2n) is 7.41. The van der Waals surface area contributed by atoms with Gasteiger partial charge in [-0.15, -0.1) is 11.3 Å². The largest absolute Gasteiger partial charge is 0.339 e. The molecule has 0 bridgehead atoms. The van der Waals surface area contributed by atoms with Crippen LogP contribution in [0.25, 0.3) is 11.4 Å². The van der Waals surface area contributed by atoms with Crippen molar-refractivity contribution in [3.05, 3.63) is 47.7 Å². The van der Waals surface area contributed by atoms with Crippen LogP contribution in [0.2, 0.25) is 0 Å². The van der Waals surface area contributed by atoms with Crippen molar-refractivity contribution in [3.8, 4) is 11.4 Å². The first-order valence-electron chi connectivity index (χ1n) is 10.2. The van der Waals surface area contributed by atoms with Crippen LogP contribution >= 0.6 is 11.3 Å². The maximum Gasteiger partial charge on any atom is 0.252 e. The molecule has 1 saturated heterocycles. The molecular formula is C21H24N4O4S2. The number of hydrogen-bond donors (Lipinski definition) is 0. The zero-order valence-electron chi connectivity index (χ0n) is 17.4. The lowest BCUT2D eigenvalue weighted by molar-refractivity contribution is -0.123. The van der Waals surface area contributed by atoms with E-state index in [4.69, 9.17) is 4.52 Å². The van der Waals surface area contributed by atoms with E-state index >= 15 is 0 Å². The van der Waals surface area contributed by atoms with Crippen LogP contribution in [-0.4, -0.2) is 48.4 Å². The maximum atomic E-state index is 13.3. The van der Waals surface area contributed by atoms with Crippen LogP contribution in [0, 0.1) is 12.8 Å². The standard InChI is InChI=1S/C21H24N4O4S2/c1-3-25(18-9-5-4-6-10-18)21(26)16-8-7-11-24(13-16)31(27,28)19-12-17(14-30-19)20-22-15(2)29-23-20/h4-6,9-10,12,14,16H,3,7-8,11,13H2,1-2H3/t16-/m0/s1. The third kappa shape index (κ3) is 4.41. The molecule has 0 saturated carbocycles. The molecule has 0 N–H and O–H groups in total. The van der Waals surface area contributed by atoms with Gasteiger partial charge >= 0.3 is 0 Å². The van der Waals surface area contributed by atoms with E-state index in [2.05, 4.69) is 10.1 Å². The Morgan fingerprint density at radius 3 is 2.77 bits per heavy atom. The number of hydrogen-bond acceptors (Lipinski definition) is 7. The molecule has 0 aliphatic carbocycles. The highest BCUT2D eigenvalue weighted by Gasteiger charge is 2.36. The SMILES string of the molecule is CCN(C(=O)[C@H]1CCCN(S(=O)(=O)c2cc(-c3noc(C)n3)cs2)C1)c1ccccc1. The molecule has 3 aromatic rings. The number of piperidine rings is 1. The number of aromatic nitrogens is 2. The number of rotatable bonds is 6. The zero-order valence-corrected chi connectivity index (χ0v) is 19.0. The van der Waals surface area contributed by atoms with Gasteiger partial charge in [0.2, 0.25) is 17.6 Å². The molecule has 0 radical (unpaired) electrons. The van der Waals surface area contributed by atoms with Crippen molar-refractivity contribution in [2.45, 2.75) is 30.9 Å². The number of sulfonamides is 1. The molecule has 2 aromatic heterocycles. The lowest BCUT2D eigenvalue weighted by Crippen LogP contribution is -2.46. The lowest BCUT2D eigenvalue weighted by Gasteiger charge is -2.33. The Morgan fingerprint density at radius 2 is 2.10 bits per heavy atom. The Balaban J connectivity index is 1.52. The Hall–Kier alpha value is -2.56. The summed E-state index contributed by atoms with van der Waals surface area (Å²) in [7, 11) is -3.71. The summed E-state index contributed by atoms with van der Waals surface area (Å²) in [5.74, 6) is 0.371. The molecule has 1 aliphatic heterocycles. The van der Waals surface area contributed by atoms with Gasteiger partial charge in [-0.2, -0.15) is 9.29 Å². The van der Waals surface area contributed by atoms with Gasteiger partial charge in [-0.1, -0.05) is 23.4 Å². The minimum Gasteiger partial charge on any atom is -0.339 e. The summed E-state index contributed by atoms with van der Waals surface area (Å²) in [6.45, 7) is 4.72. The maximum absolute atomic E-state index is 13.3. The fraction of sp³-hybridized carbons (Fsp3) is 0.381. The molecule has 3 heterocycles. The van der Waals surface area contributed by atoms with Gasteiger partial charge in [0.25, 0.3) is 10.0 Å². The molecule has 10 heteroatoms.